The van der Waals surface area contributed by atoms with Gasteiger partial charge in [0.05, 0.1) is 18.3 Å². The van der Waals surface area contributed by atoms with Gasteiger partial charge in [-0.25, -0.2) is 0 Å². The molecule has 40 heavy (non-hydrogen) atoms. The maximum atomic E-state index is 14.3. The lowest BCUT2D eigenvalue weighted by Gasteiger charge is -2.65. The lowest BCUT2D eigenvalue weighted by molar-refractivity contribution is -0.186. The van der Waals surface area contributed by atoms with Gasteiger partial charge in [0.15, 0.2) is 5.78 Å². The van der Waals surface area contributed by atoms with Crippen LogP contribution in [0, 0.1) is 39.4 Å². The van der Waals surface area contributed by atoms with Gasteiger partial charge in [0, 0.05) is 30.1 Å². The van der Waals surface area contributed by atoms with Gasteiger partial charge in [-0.15, -0.1) is 0 Å². The largest absolute Gasteiger partial charge is 0.456 e. The first-order chi connectivity index (χ1) is 18.1. The highest BCUT2D eigenvalue weighted by Gasteiger charge is 2.74. The Morgan fingerprint density at radius 2 is 1.62 bits per heavy atom. The topological polar surface area (TPSA) is 141 Å². The van der Waals surface area contributed by atoms with Gasteiger partial charge in [-0.3, -0.25) is 14.4 Å². The van der Waals surface area contributed by atoms with Crippen LogP contribution < -0.4 is 0 Å². The molecule has 8 heteroatoms. The van der Waals surface area contributed by atoms with Crippen LogP contribution in [0.5, 0.6) is 0 Å². The van der Waals surface area contributed by atoms with Gasteiger partial charge in [0.2, 0.25) is 0 Å². The van der Waals surface area contributed by atoms with Crippen molar-refractivity contribution in [3.05, 3.63) is 23.8 Å². The Bertz CT molecular complexity index is 1160. The molecule has 0 heterocycles. The maximum absolute atomic E-state index is 14.3. The van der Waals surface area contributed by atoms with E-state index >= 15 is 0 Å². The number of aliphatic hydroxyl groups is 4. The Hall–Kier alpha value is -1.87. The first kappa shape index (κ1) is 31.1. The minimum absolute atomic E-state index is 0.00125. The number of hydrogen-bond acceptors (Lipinski definition) is 8. The van der Waals surface area contributed by atoms with Crippen molar-refractivity contribution in [3.63, 3.8) is 0 Å². The fraction of sp³-hybridized carbons (Fsp3) is 0.781. The van der Waals surface area contributed by atoms with E-state index in [1.165, 1.54) is 26.0 Å². The molecule has 8 nitrogen and oxygen atoms in total. The molecule has 0 saturated heterocycles. The average Bonchev–Trinajstić information content (AvgIpc) is 3.01. The summed E-state index contributed by atoms with van der Waals surface area (Å²) in [6.45, 7) is 15.7. The van der Waals surface area contributed by atoms with E-state index in [-0.39, 0.29) is 30.5 Å². The molecule has 4 rings (SSSR count). The summed E-state index contributed by atoms with van der Waals surface area (Å²) < 4.78 is 5.23. The minimum atomic E-state index is -1.98. The number of Topliss-reactive ketones (excluding diaryl/α,β-unsaturated/α-hetero) is 1. The molecule has 4 aliphatic carbocycles. The number of allylic oxidation sites excluding steroid dienone is 1. The third-order valence-electron chi connectivity index (χ3n) is 11.8. The number of ether oxygens (including phenoxy) is 1. The fourth-order valence-electron chi connectivity index (χ4n) is 9.55. The predicted molar refractivity (Wildman–Crippen MR) is 149 cm³/mol. The van der Waals surface area contributed by atoms with Gasteiger partial charge in [-0.1, -0.05) is 46.3 Å². The van der Waals surface area contributed by atoms with Crippen LogP contribution in [0.1, 0.15) is 88.0 Å². The molecule has 0 aromatic heterocycles. The standard InChI is InChI=1S/C32H48O8/c1-17(33)40-27(2,3)13-12-23(36)32(9,39)25-21(35)15-29(6)22-11-10-18-19(14-20(34)26(38)28(18,4)5)31(22,8)24(37)16-30(25,29)7/h10,12-13,19-22,25-26,34-35,38-39H,11,14-16H2,1-9H3/b13-12+/t19?,20?,21?,22?,25?,26?,29-,30+,31-,32+/m1/s1. The molecule has 3 fully saturated rings. The Balaban J connectivity index is 1.74. The Kier molecular flexibility index (Phi) is 7.24. The second-order valence-electron chi connectivity index (χ2n) is 15.0. The summed E-state index contributed by atoms with van der Waals surface area (Å²) in [7, 11) is 0. The fourth-order valence-corrected chi connectivity index (χ4v) is 9.55. The van der Waals surface area contributed by atoms with Gasteiger partial charge < -0.3 is 25.2 Å². The molecule has 0 spiro atoms. The molecule has 0 radical (unpaired) electrons. The third kappa shape index (κ3) is 4.19. The van der Waals surface area contributed by atoms with Crippen LogP contribution in [-0.2, 0) is 19.1 Å². The van der Waals surface area contributed by atoms with E-state index in [9.17, 15) is 34.8 Å². The average molecular weight is 561 g/mol. The van der Waals surface area contributed by atoms with Crippen molar-refractivity contribution in [2.45, 2.75) is 118 Å². The Morgan fingerprint density at radius 1 is 1.02 bits per heavy atom. The van der Waals surface area contributed by atoms with Crippen molar-refractivity contribution >= 4 is 17.5 Å². The van der Waals surface area contributed by atoms with Gasteiger partial charge in [0.25, 0.3) is 0 Å². The van der Waals surface area contributed by atoms with Crippen LogP contribution in [0.15, 0.2) is 23.8 Å². The zero-order valence-electron chi connectivity index (χ0n) is 25.4. The normalized spacial score (nSPS) is 44.2. The molecule has 224 valence electrons. The molecule has 6 unspecified atom stereocenters. The molecule has 0 amide bonds. The molecule has 0 bridgehead atoms. The zero-order valence-corrected chi connectivity index (χ0v) is 25.4. The van der Waals surface area contributed by atoms with Crippen LogP contribution in [0.25, 0.3) is 0 Å². The predicted octanol–water partition coefficient (Wildman–Crippen LogP) is 3.29. The second kappa shape index (κ2) is 9.32. The van der Waals surface area contributed by atoms with Gasteiger partial charge in [-0.2, -0.15) is 0 Å². The van der Waals surface area contributed by atoms with Crippen LogP contribution in [0.4, 0.5) is 0 Å². The summed E-state index contributed by atoms with van der Waals surface area (Å²) >= 11 is 0. The molecule has 4 N–H and O–H groups in total. The number of carbonyl (C=O) groups is 3. The molecule has 10 atom stereocenters. The lowest BCUT2D eigenvalue weighted by atomic mass is 9.38. The minimum Gasteiger partial charge on any atom is -0.456 e. The molecular weight excluding hydrogens is 512 g/mol. The number of aliphatic hydroxyl groups excluding tert-OH is 3. The van der Waals surface area contributed by atoms with Crippen LogP contribution >= 0.6 is 0 Å². The SMILES string of the molecule is CC(=O)OC(C)(C)/C=C/C(=O)[C@](C)(O)C1C(O)C[C@]2(C)C3CC=C4C(CC(O)C(O)C4(C)C)[C@@]3(C)C(=O)C[C@@]12C. The maximum Gasteiger partial charge on any atom is 0.303 e. The highest BCUT2D eigenvalue weighted by Crippen LogP contribution is 2.74. The first-order valence-electron chi connectivity index (χ1n) is 14.5. The van der Waals surface area contributed by atoms with E-state index in [0.29, 0.717) is 12.8 Å². The highest BCUT2D eigenvalue weighted by atomic mass is 16.6. The van der Waals surface area contributed by atoms with E-state index < -0.39 is 68.8 Å². The van der Waals surface area contributed by atoms with Crippen LogP contribution in [0.3, 0.4) is 0 Å². The summed E-state index contributed by atoms with van der Waals surface area (Å²) in [5, 5.41) is 44.9. The number of fused-ring (bicyclic) bond motifs is 5. The molecule has 0 aromatic carbocycles. The van der Waals surface area contributed by atoms with Crippen molar-refractivity contribution in [1.29, 1.82) is 0 Å². The monoisotopic (exact) mass is 560 g/mol. The Morgan fingerprint density at radius 3 is 2.20 bits per heavy atom. The van der Waals surface area contributed by atoms with E-state index in [1.807, 2.05) is 27.7 Å². The summed E-state index contributed by atoms with van der Waals surface area (Å²) in [5.41, 5.74) is -5.04. The van der Waals surface area contributed by atoms with Crippen LogP contribution in [-0.4, -0.2) is 67.5 Å². The molecule has 3 saturated carbocycles. The number of rotatable bonds is 5. The molecule has 0 aromatic rings. The van der Waals surface area contributed by atoms with Gasteiger partial charge in [-0.05, 0) is 74.9 Å². The van der Waals surface area contributed by atoms with E-state index in [4.69, 9.17) is 4.74 Å². The summed E-state index contributed by atoms with van der Waals surface area (Å²) in [6, 6.07) is 0. The van der Waals surface area contributed by atoms with Crippen molar-refractivity contribution in [1.82, 2.24) is 0 Å². The lowest BCUT2D eigenvalue weighted by Crippen LogP contribution is -2.65. The van der Waals surface area contributed by atoms with Crippen molar-refractivity contribution < 1.29 is 39.5 Å². The quantitative estimate of drug-likeness (QED) is 0.228. The van der Waals surface area contributed by atoms with Crippen molar-refractivity contribution in [2.75, 3.05) is 0 Å². The first-order valence-corrected chi connectivity index (χ1v) is 14.5. The number of ketones is 2. The molecule has 4 aliphatic rings. The molecular formula is C32H48O8. The van der Waals surface area contributed by atoms with E-state index in [1.54, 1.807) is 13.8 Å². The zero-order chi connectivity index (χ0) is 30.4. The summed E-state index contributed by atoms with van der Waals surface area (Å²) in [4.78, 5) is 39.2. The van der Waals surface area contributed by atoms with Gasteiger partial charge in [0.1, 0.15) is 17.0 Å². The van der Waals surface area contributed by atoms with Crippen molar-refractivity contribution in [2.24, 2.45) is 39.4 Å². The second-order valence-corrected chi connectivity index (χ2v) is 15.0. The smallest absolute Gasteiger partial charge is 0.303 e. The summed E-state index contributed by atoms with van der Waals surface area (Å²) in [5.74, 6) is -2.48. The number of hydrogen-bond donors (Lipinski definition) is 4. The Labute approximate surface area is 237 Å². The third-order valence-corrected chi connectivity index (χ3v) is 11.8. The van der Waals surface area contributed by atoms with E-state index in [2.05, 4.69) is 13.0 Å². The van der Waals surface area contributed by atoms with Gasteiger partial charge >= 0.3 is 5.97 Å². The number of carbonyl (C=O) groups excluding carboxylic acids is 3. The van der Waals surface area contributed by atoms with E-state index in [0.717, 1.165) is 5.57 Å². The highest BCUT2D eigenvalue weighted by molar-refractivity contribution is 5.97. The number of esters is 1. The summed E-state index contributed by atoms with van der Waals surface area (Å²) in [6.07, 6.45) is 3.10. The molecule has 0 aliphatic heterocycles. The van der Waals surface area contributed by atoms with Crippen LogP contribution in [0.2, 0.25) is 0 Å². The van der Waals surface area contributed by atoms with Crippen molar-refractivity contribution in [3.8, 4) is 0 Å².